The largest absolute Gasteiger partial charge is 0.299 e. The van der Waals surface area contributed by atoms with E-state index < -0.39 is 11.6 Å². The lowest BCUT2D eigenvalue weighted by atomic mass is 10.0. The highest BCUT2D eigenvalue weighted by Gasteiger charge is 2.12. The molecule has 0 saturated heterocycles. The Morgan fingerprint density at radius 1 is 1.06 bits per heavy atom. The Morgan fingerprint density at radius 2 is 1.89 bits per heavy atom. The number of aromatic nitrogens is 1. The van der Waals surface area contributed by atoms with Gasteiger partial charge in [0.25, 0.3) is 0 Å². The van der Waals surface area contributed by atoms with Gasteiger partial charge in [0, 0.05) is 24.7 Å². The van der Waals surface area contributed by atoms with Crippen LogP contribution in [0.2, 0.25) is 0 Å². The monoisotopic (exact) mass is 247 g/mol. The van der Waals surface area contributed by atoms with E-state index in [1.54, 1.807) is 24.4 Å². The lowest BCUT2D eigenvalue weighted by molar-refractivity contribution is -0.117. The van der Waals surface area contributed by atoms with Gasteiger partial charge in [-0.2, -0.15) is 0 Å². The molecule has 0 bridgehead atoms. The highest BCUT2D eigenvalue weighted by Crippen LogP contribution is 2.12. The Morgan fingerprint density at radius 3 is 2.61 bits per heavy atom. The number of pyridine rings is 1. The van der Waals surface area contributed by atoms with Gasteiger partial charge >= 0.3 is 0 Å². The zero-order valence-electron chi connectivity index (χ0n) is 9.57. The van der Waals surface area contributed by atoms with Crippen molar-refractivity contribution in [1.29, 1.82) is 0 Å². The Kier molecular flexibility index (Phi) is 3.77. The maximum atomic E-state index is 13.4. The second-order valence-electron chi connectivity index (χ2n) is 3.93. The fourth-order valence-corrected chi connectivity index (χ4v) is 1.66. The molecule has 92 valence electrons. The smallest absolute Gasteiger partial charge is 0.162 e. The Labute approximate surface area is 103 Å². The molecule has 2 rings (SSSR count). The van der Waals surface area contributed by atoms with Gasteiger partial charge in [-0.05, 0) is 23.8 Å². The molecule has 0 N–H and O–H groups in total. The predicted octanol–water partition coefficient (Wildman–Crippen LogP) is 2.71. The molecular formula is C14H11F2NO. The molecule has 4 heteroatoms. The molecule has 0 spiro atoms. The molecule has 0 aliphatic heterocycles. The Hall–Kier alpha value is -2.10. The summed E-state index contributed by atoms with van der Waals surface area (Å²) in [5.74, 6) is -2.08. The van der Waals surface area contributed by atoms with Crippen LogP contribution in [0.4, 0.5) is 8.78 Å². The van der Waals surface area contributed by atoms with E-state index in [1.165, 1.54) is 12.1 Å². The van der Waals surface area contributed by atoms with Crippen LogP contribution in [-0.4, -0.2) is 10.8 Å². The van der Waals surface area contributed by atoms with Crippen LogP contribution in [0.5, 0.6) is 0 Å². The maximum Gasteiger partial charge on any atom is 0.162 e. The first-order valence-electron chi connectivity index (χ1n) is 5.51. The molecule has 18 heavy (non-hydrogen) atoms. The number of carbonyl (C=O) groups is 1. The normalized spacial score (nSPS) is 10.3. The highest BCUT2D eigenvalue weighted by molar-refractivity contribution is 5.82. The number of nitrogens with zero attached hydrogens (tertiary/aromatic N) is 1. The fourth-order valence-electron chi connectivity index (χ4n) is 1.66. The van der Waals surface area contributed by atoms with Gasteiger partial charge in [-0.15, -0.1) is 0 Å². The summed E-state index contributed by atoms with van der Waals surface area (Å²) in [5.41, 5.74) is 0.704. The van der Waals surface area contributed by atoms with Crippen molar-refractivity contribution in [3.8, 4) is 0 Å². The minimum atomic E-state index is -0.952. The third kappa shape index (κ3) is 2.97. The number of ketones is 1. The zero-order chi connectivity index (χ0) is 13.0. The number of carbonyl (C=O) groups excluding carboxylic acids is 1. The number of halogens is 2. The van der Waals surface area contributed by atoms with Gasteiger partial charge in [0.2, 0.25) is 0 Å². The van der Waals surface area contributed by atoms with Crippen molar-refractivity contribution >= 4 is 5.78 Å². The SMILES string of the molecule is O=C(Cc1ccccn1)Cc1cccc(F)c1F. The molecule has 2 aromatic rings. The first-order valence-corrected chi connectivity index (χ1v) is 5.51. The molecule has 0 atom stereocenters. The Balaban J connectivity index is 2.06. The van der Waals surface area contributed by atoms with Crippen molar-refractivity contribution in [2.45, 2.75) is 12.8 Å². The van der Waals surface area contributed by atoms with Crippen molar-refractivity contribution in [2.75, 3.05) is 0 Å². The average Bonchev–Trinajstić information content (AvgIpc) is 2.36. The van der Waals surface area contributed by atoms with E-state index in [0.29, 0.717) is 5.69 Å². The summed E-state index contributed by atoms with van der Waals surface area (Å²) in [6.45, 7) is 0. The van der Waals surface area contributed by atoms with Crippen LogP contribution in [0.3, 0.4) is 0 Å². The predicted molar refractivity (Wildman–Crippen MR) is 63.0 cm³/mol. The molecule has 0 saturated carbocycles. The zero-order valence-corrected chi connectivity index (χ0v) is 9.57. The van der Waals surface area contributed by atoms with E-state index in [2.05, 4.69) is 4.98 Å². The standard InChI is InChI=1S/C14H11F2NO/c15-13-6-3-4-10(14(13)16)8-12(18)9-11-5-1-2-7-17-11/h1-7H,8-9H2. The molecule has 1 aromatic carbocycles. The van der Waals surface area contributed by atoms with Gasteiger partial charge in [-0.25, -0.2) is 8.78 Å². The summed E-state index contributed by atoms with van der Waals surface area (Å²) < 4.78 is 26.3. The molecule has 0 aliphatic rings. The number of Topliss-reactive ketones (excluding diaryl/α,β-unsaturated/α-hetero) is 1. The summed E-state index contributed by atoms with van der Waals surface area (Å²) in [7, 11) is 0. The van der Waals surface area contributed by atoms with Crippen LogP contribution in [0, 0.1) is 11.6 Å². The van der Waals surface area contributed by atoms with E-state index in [0.717, 1.165) is 6.07 Å². The maximum absolute atomic E-state index is 13.4. The first-order chi connectivity index (χ1) is 8.66. The Bertz CT molecular complexity index is 555. The van der Waals surface area contributed by atoms with Gasteiger partial charge in [-0.1, -0.05) is 18.2 Å². The summed E-state index contributed by atoms with van der Waals surface area (Å²) in [6.07, 6.45) is 1.59. The van der Waals surface area contributed by atoms with Crippen LogP contribution >= 0.6 is 0 Å². The average molecular weight is 247 g/mol. The number of rotatable bonds is 4. The van der Waals surface area contributed by atoms with E-state index >= 15 is 0 Å². The highest BCUT2D eigenvalue weighted by atomic mass is 19.2. The summed E-state index contributed by atoms with van der Waals surface area (Å²) in [4.78, 5) is 15.7. The van der Waals surface area contributed by atoms with Crippen molar-refractivity contribution in [1.82, 2.24) is 4.98 Å². The lowest BCUT2D eigenvalue weighted by Crippen LogP contribution is -2.09. The summed E-state index contributed by atoms with van der Waals surface area (Å²) in [5, 5.41) is 0. The molecule has 0 fully saturated rings. The van der Waals surface area contributed by atoms with Crippen LogP contribution in [0.15, 0.2) is 42.6 Å². The molecule has 0 radical (unpaired) electrons. The number of hydrogen-bond acceptors (Lipinski definition) is 2. The molecule has 0 aliphatic carbocycles. The summed E-state index contributed by atoms with van der Waals surface area (Å²) >= 11 is 0. The topological polar surface area (TPSA) is 30.0 Å². The third-order valence-corrected chi connectivity index (χ3v) is 2.52. The quantitative estimate of drug-likeness (QED) is 0.831. The van der Waals surface area contributed by atoms with Crippen molar-refractivity contribution < 1.29 is 13.6 Å². The number of hydrogen-bond donors (Lipinski definition) is 0. The van der Waals surface area contributed by atoms with Crippen LogP contribution in [-0.2, 0) is 17.6 Å². The first kappa shape index (κ1) is 12.4. The van der Waals surface area contributed by atoms with Crippen molar-refractivity contribution in [3.63, 3.8) is 0 Å². The van der Waals surface area contributed by atoms with Gasteiger partial charge in [0.15, 0.2) is 11.6 Å². The van der Waals surface area contributed by atoms with Crippen molar-refractivity contribution in [2.24, 2.45) is 0 Å². The fraction of sp³-hybridized carbons (Fsp3) is 0.143. The van der Waals surface area contributed by atoms with E-state index in [9.17, 15) is 13.6 Å². The van der Waals surface area contributed by atoms with E-state index in [-0.39, 0.29) is 24.2 Å². The van der Waals surface area contributed by atoms with Crippen LogP contribution < -0.4 is 0 Å². The lowest BCUT2D eigenvalue weighted by Gasteiger charge is -2.03. The molecule has 2 nitrogen and oxygen atoms in total. The molecule has 0 unspecified atom stereocenters. The number of benzene rings is 1. The van der Waals surface area contributed by atoms with Gasteiger partial charge in [0.1, 0.15) is 5.78 Å². The second-order valence-corrected chi connectivity index (χ2v) is 3.93. The van der Waals surface area contributed by atoms with E-state index in [4.69, 9.17) is 0 Å². The minimum Gasteiger partial charge on any atom is -0.299 e. The minimum absolute atomic E-state index is 0.0796. The van der Waals surface area contributed by atoms with Crippen molar-refractivity contribution in [3.05, 3.63) is 65.5 Å². The van der Waals surface area contributed by atoms with Crippen LogP contribution in [0.1, 0.15) is 11.3 Å². The molecule has 1 aromatic heterocycles. The summed E-state index contributed by atoms with van der Waals surface area (Å²) in [6, 6.07) is 9.08. The van der Waals surface area contributed by atoms with Gasteiger partial charge < -0.3 is 0 Å². The molecule has 1 heterocycles. The van der Waals surface area contributed by atoms with Crippen LogP contribution in [0.25, 0.3) is 0 Å². The third-order valence-electron chi connectivity index (χ3n) is 2.52. The molecular weight excluding hydrogens is 236 g/mol. The molecule has 0 amide bonds. The van der Waals surface area contributed by atoms with E-state index in [1.807, 2.05) is 0 Å². The second kappa shape index (κ2) is 5.49. The van der Waals surface area contributed by atoms with Gasteiger partial charge in [-0.3, -0.25) is 9.78 Å². The van der Waals surface area contributed by atoms with Gasteiger partial charge in [0.05, 0.1) is 0 Å².